The number of aryl methyl sites for hydroxylation is 3. The number of nitrogens with zero attached hydrogens (tertiary/aromatic N) is 1. The summed E-state index contributed by atoms with van der Waals surface area (Å²) in [6, 6.07) is 14.2. The molecule has 3 rings (SSSR count). The third kappa shape index (κ3) is 6.16. The minimum Gasteiger partial charge on any atom is -0.348 e. The Morgan fingerprint density at radius 3 is 2.34 bits per heavy atom. The normalized spacial score (nSPS) is 14.2. The first kappa shape index (κ1) is 21.1. The van der Waals surface area contributed by atoms with E-state index in [1.165, 1.54) is 24.0 Å². The van der Waals surface area contributed by atoms with E-state index in [0.29, 0.717) is 0 Å². The van der Waals surface area contributed by atoms with Crippen LogP contribution < -0.4 is 10.6 Å². The second-order valence-electron chi connectivity index (χ2n) is 8.11. The van der Waals surface area contributed by atoms with Crippen molar-refractivity contribution in [2.75, 3.05) is 25.5 Å². The van der Waals surface area contributed by atoms with Crippen molar-refractivity contribution in [1.29, 1.82) is 0 Å². The number of fused-ring (bicyclic) bond motifs is 1. The molecule has 0 unspecified atom stereocenters. The molecule has 5 nitrogen and oxygen atoms in total. The highest BCUT2D eigenvalue weighted by molar-refractivity contribution is 5.92. The van der Waals surface area contributed by atoms with Crippen molar-refractivity contribution in [2.24, 2.45) is 0 Å². The molecule has 0 spiro atoms. The van der Waals surface area contributed by atoms with Crippen molar-refractivity contribution in [3.05, 3.63) is 64.7 Å². The zero-order valence-corrected chi connectivity index (χ0v) is 17.6. The molecule has 2 amide bonds. The van der Waals surface area contributed by atoms with E-state index in [4.69, 9.17) is 0 Å². The fourth-order valence-electron chi connectivity index (χ4n) is 3.78. The Balaban J connectivity index is 1.46. The molecule has 2 aromatic rings. The first-order valence-electron chi connectivity index (χ1n) is 10.4. The smallest absolute Gasteiger partial charge is 0.238 e. The minimum atomic E-state index is -0.133. The lowest BCUT2D eigenvalue weighted by Gasteiger charge is -2.21. The van der Waals surface area contributed by atoms with Gasteiger partial charge in [-0.25, -0.2) is 0 Å². The van der Waals surface area contributed by atoms with Crippen LogP contribution in [-0.2, 0) is 22.4 Å². The van der Waals surface area contributed by atoms with E-state index in [9.17, 15) is 9.59 Å². The molecule has 0 saturated carbocycles. The van der Waals surface area contributed by atoms with Gasteiger partial charge in [0.1, 0.15) is 0 Å². The van der Waals surface area contributed by atoms with Gasteiger partial charge >= 0.3 is 0 Å². The summed E-state index contributed by atoms with van der Waals surface area (Å²) in [6.45, 7) is 4.35. The van der Waals surface area contributed by atoms with Gasteiger partial charge in [-0.15, -0.1) is 0 Å². The number of rotatable bonds is 7. The maximum Gasteiger partial charge on any atom is 0.238 e. The monoisotopic (exact) mass is 393 g/mol. The third-order valence-corrected chi connectivity index (χ3v) is 5.41. The number of hydrogen-bond acceptors (Lipinski definition) is 3. The standard InChI is InChI=1S/C24H31N3O2/c1-17-8-12-22(13-9-17)26-24(29)16-27(3)15-23(28)25-18(2)20-11-10-19-6-4-5-7-21(19)14-20/h8-14,18H,4-7,15-16H2,1-3H3,(H,25,28)(H,26,29)/t18-/m1/s1. The summed E-state index contributed by atoms with van der Waals surface area (Å²) >= 11 is 0. The highest BCUT2D eigenvalue weighted by atomic mass is 16.2. The maximum absolute atomic E-state index is 12.4. The van der Waals surface area contributed by atoms with E-state index in [1.807, 2.05) is 38.1 Å². The lowest BCUT2D eigenvalue weighted by Crippen LogP contribution is -2.39. The lowest BCUT2D eigenvalue weighted by atomic mass is 9.89. The second kappa shape index (κ2) is 9.70. The van der Waals surface area contributed by atoms with E-state index in [0.717, 1.165) is 29.7 Å². The summed E-state index contributed by atoms with van der Waals surface area (Å²) in [6.07, 6.45) is 4.80. The molecule has 154 valence electrons. The minimum absolute atomic E-state index is 0.0514. The van der Waals surface area contributed by atoms with Gasteiger partial charge in [0.15, 0.2) is 0 Å². The molecule has 29 heavy (non-hydrogen) atoms. The molecule has 0 bridgehead atoms. The predicted molar refractivity (Wildman–Crippen MR) is 117 cm³/mol. The zero-order valence-electron chi connectivity index (χ0n) is 17.6. The summed E-state index contributed by atoms with van der Waals surface area (Å²) in [5, 5.41) is 5.91. The number of carbonyl (C=O) groups is 2. The Bertz CT molecular complexity index is 861. The largest absolute Gasteiger partial charge is 0.348 e. The Labute approximate surface area is 173 Å². The van der Waals surface area contributed by atoms with Crippen LogP contribution in [0.1, 0.15) is 48.1 Å². The molecule has 5 heteroatoms. The number of nitrogens with one attached hydrogen (secondary N) is 2. The van der Waals surface area contributed by atoms with Gasteiger partial charge in [-0.2, -0.15) is 0 Å². The van der Waals surface area contributed by atoms with Crippen LogP contribution in [0, 0.1) is 6.92 Å². The molecule has 1 atom stereocenters. The number of hydrogen-bond donors (Lipinski definition) is 2. The first-order chi connectivity index (χ1) is 13.9. The highest BCUT2D eigenvalue weighted by Gasteiger charge is 2.16. The number of anilines is 1. The number of carbonyl (C=O) groups excluding carboxylic acids is 2. The van der Waals surface area contributed by atoms with Crippen molar-refractivity contribution >= 4 is 17.5 Å². The molecule has 2 aromatic carbocycles. The van der Waals surface area contributed by atoms with E-state index in [1.54, 1.807) is 11.9 Å². The Morgan fingerprint density at radius 1 is 0.966 bits per heavy atom. The molecular weight excluding hydrogens is 362 g/mol. The summed E-state index contributed by atoms with van der Waals surface area (Å²) in [4.78, 5) is 26.3. The van der Waals surface area contributed by atoms with Crippen LogP contribution in [0.5, 0.6) is 0 Å². The molecule has 1 aliphatic carbocycles. The summed E-state index contributed by atoms with van der Waals surface area (Å²) in [5.41, 5.74) is 5.90. The molecule has 0 radical (unpaired) electrons. The highest BCUT2D eigenvalue weighted by Crippen LogP contribution is 2.24. The summed E-state index contributed by atoms with van der Waals surface area (Å²) < 4.78 is 0. The van der Waals surface area contributed by atoms with E-state index >= 15 is 0 Å². The van der Waals surface area contributed by atoms with Crippen molar-refractivity contribution in [3.8, 4) is 0 Å². The van der Waals surface area contributed by atoms with E-state index < -0.39 is 0 Å². The van der Waals surface area contributed by atoms with Crippen molar-refractivity contribution in [1.82, 2.24) is 10.2 Å². The molecule has 2 N–H and O–H groups in total. The molecular formula is C24H31N3O2. The second-order valence-corrected chi connectivity index (χ2v) is 8.11. The van der Waals surface area contributed by atoms with Crippen LogP contribution >= 0.6 is 0 Å². The van der Waals surface area contributed by atoms with Crippen molar-refractivity contribution < 1.29 is 9.59 Å². The quantitative estimate of drug-likeness (QED) is 0.755. The maximum atomic E-state index is 12.4. The van der Waals surface area contributed by atoms with Crippen LogP contribution in [0.2, 0.25) is 0 Å². The van der Waals surface area contributed by atoms with Crippen LogP contribution in [0.15, 0.2) is 42.5 Å². The fraction of sp³-hybridized carbons (Fsp3) is 0.417. The summed E-state index contributed by atoms with van der Waals surface area (Å²) in [5.74, 6) is -0.215. The van der Waals surface area contributed by atoms with Crippen LogP contribution in [0.25, 0.3) is 0 Å². The van der Waals surface area contributed by atoms with Gasteiger partial charge in [-0.05, 0) is 75.4 Å². The molecule has 0 fully saturated rings. The van der Waals surface area contributed by atoms with Crippen LogP contribution in [0.3, 0.4) is 0 Å². The number of amides is 2. The lowest BCUT2D eigenvalue weighted by molar-refractivity contribution is -0.123. The third-order valence-electron chi connectivity index (χ3n) is 5.41. The molecule has 0 heterocycles. The van der Waals surface area contributed by atoms with Gasteiger partial charge in [0.25, 0.3) is 0 Å². The number of likely N-dealkylation sites (N-methyl/N-ethyl adjacent to an activating group) is 1. The van der Waals surface area contributed by atoms with Crippen LogP contribution in [-0.4, -0.2) is 36.9 Å². The summed E-state index contributed by atoms with van der Waals surface area (Å²) in [7, 11) is 1.78. The first-order valence-corrected chi connectivity index (χ1v) is 10.4. The van der Waals surface area contributed by atoms with E-state index in [2.05, 4.69) is 28.8 Å². The van der Waals surface area contributed by atoms with E-state index in [-0.39, 0.29) is 30.9 Å². The Morgan fingerprint density at radius 2 is 1.62 bits per heavy atom. The SMILES string of the molecule is Cc1ccc(NC(=O)CN(C)CC(=O)N[C@H](C)c2ccc3c(c2)CCCC3)cc1. The van der Waals surface area contributed by atoms with Gasteiger partial charge in [0.2, 0.25) is 11.8 Å². The predicted octanol–water partition coefficient (Wildman–Crippen LogP) is 3.62. The molecule has 0 aliphatic heterocycles. The molecule has 0 aromatic heterocycles. The van der Waals surface area contributed by atoms with Gasteiger partial charge in [0.05, 0.1) is 19.1 Å². The van der Waals surface area contributed by atoms with Gasteiger partial charge < -0.3 is 10.6 Å². The average molecular weight is 394 g/mol. The van der Waals surface area contributed by atoms with Gasteiger partial charge in [0, 0.05) is 5.69 Å². The zero-order chi connectivity index (χ0) is 20.8. The van der Waals surface area contributed by atoms with Crippen LogP contribution in [0.4, 0.5) is 5.69 Å². The van der Waals surface area contributed by atoms with Crippen molar-refractivity contribution in [2.45, 2.75) is 45.6 Å². The fourth-order valence-corrected chi connectivity index (χ4v) is 3.78. The van der Waals surface area contributed by atoms with Crippen molar-refractivity contribution in [3.63, 3.8) is 0 Å². The van der Waals surface area contributed by atoms with Gasteiger partial charge in [-0.1, -0.05) is 35.9 Å². The number of benzene rings is 2. The Kier molecular flexibility index (Phi) is 7.04. The molecule has 0 saturated heterocycles. The van der Waals surface area contributed by atoms with Gasteiger partial charge in [-0.3, -0.25) is 14.5 Å². The topological polar surface area (TPSA) is 61.4 Å². The average Bonchev–Trinajstić information content (AvgIpc) is 2.69. The Hall–Kier alpha value is -2.66. The molecule has 1 aliphatic rings.